The van der Waals surface area contributed by atoms with Crippen LogP contribution >= 0.6 is 0 Å². The molecular formula is C10H14F2N8O. The van der Waals surface area contributed by atoms with Crippen molar-refractivity contribution in [2.75, 3.05) is 37.0 Å². The maximum atomic E-state index is 12.6. The fourth-order valence-corrected chi connectivity index (χ4v) is 1.58. The summed E-state index contributed by atoms with van der Waals surface area (Å²) >= 11 is 0. The number of rotatable bonds is 7. The summed E-state index contributed by atoms with van der Waals surface area (Å²) in [5.74, 6) is 0.357. The van der Waals surface area contributed by atoms with Gasteiger partial charge < -0.3 is 15.3 Å². The van der Waals surface area contributed by atoms with Gasteiger partial charge >= 0.3 is 0 Å². The molecule has 0 aliphatic rings. The lowest BCUT2D eigenvalue weighted by Gasteiger charge is -2.21. The Morgan fingerprint density at radius 3 is 2.76 bits per heavy atom. The van der Waals surface area contributed by atoms with Crippen LogP contribution in [0.4, 0.5) is 20.7 Å². The van der Waals surface area contributed by atoms with Gasteiger partial charge in [0.25, 0.3) is 12.4 Å². The molecule has 2 aromatic heterocycles. The topological polar surface area (TPSA) is 105 Å². The highest BCUT2D eigenvalue weighted by Gasteiger charge is 2.18. The summed E-state index contributed by atoms with van der Waals surface area (Å²) in [7, 11) is 1.59. The largest absolute Gasteiger partial charge is 0.395 e. The molecule has 2 rings (SSSR count). The molecule has 0 spiro atoms. The minimum Gasteiger partial charge on any atom is -0.395 e. The molecule has 2 aromatic rings. The first-order valence-corrected chi connectivity index (χ1v) is 6.07. The van der Waals surface area contributed by atoms with Crippen LogP contribution in [0.25, 0.3) is 5.95 Å². The molecule has 0 fully saturated rings. The van der Waals surface area contributed by atoms with Crippen LogP contribution in [0.5, 0.6) is 0 Å². The van der Waals surface area contributed by atoms with Gasteiger partial charge in [-0.1, -0.05) is 0 Å². The molecule has 0 amide bonds. The highest BCUT2D eigenvalue weighted by Crippen LogP contribution is 2.13. The van der Waals surface area contributed by atoms with Crippen LogP contribution in [0, 0.1) is 0 Å². The number of alkyl halides is 2. The van der Waals surface area contributed by atoms with E-state index in [1.807, 2.05) is 0 Å². The van der Waals surface area contributed by atoms with E-state index in [2.05, 4.69) is 30.4 Å². The predicted octanol–water partition coefficient (Wildman–Crippen LogP) is -0.442. The molecule has 0 saturated carbocycles. The number of aromatic nitrogens is 6. The van der Waals surface area contributed by atoms with Crippen LogP contribution < -0.4 is 10.2 Å². The number of nitrogens with zero attached hydrogens (tertiary/aromatic N) is 7. The van der Waals surface area contributed by atoms with Gasteiger partial charge in [-0.2, -0.15) is 24.7 Å². The van der Waals surface area contributed by atoms with Gasteiger partial charge in [-0.3, -0.25) is 0 Å². The Kier molecular flexibility index (Phi) is 4.87. The van der Waals surface area contributed by atoms with Gasteiger partial charge in [0, 0.05) is 13.6 Å². The van der Waals surface area contributed by atoms with Crippen molar-refractivity contribution in [3.63, 3.8) is 0 Å². The van der Waals surface area contributed by atoms with Crippen LogP contribution in [-0.4, -0.2) is 68.0 Å². The average molecular weight is 300 g/mol. The minimum absolute atomic E-state index is 0.0195. The smallest absolute Gasteiger partial charge is 0.258 e. The maximum absolute atomic E-state index is 12.6. The quantitative estimate of drug-likeness (QED) is 0.709. The van der Waals surface area contributed by atoms with E-state index in [0.29, 0.717) is 0 Å². The normalized spacial score (nSPS) is 10.9. The van der Waals surface area contributed by atoms with Crippen molar-refractivity contribution in [3.05, 3.63) is 12.7 Å². The van der Waals surface area contributed by atoms with Crippen LogP contribution in [0.2, 0.25) is 0 Å². The molecule has 11 heteroatoms. The van der Waals surface area contributed by atoms with E-state index in [-0.39, 0.29) is 31.0 Å². The molecule has 21 heavy (non-hydrogen) atoms. The van der Waals surface area contributed by atoms with Crippen molar-refractivity contribution in [2.24, 2.45) is 0 Å². The third-order valence-corrected chi connectivity index (χ3v) is 2.47. The molecule has 0 bridgehead atoms. The Bertz CT molecular complexity index is 564. The van der Waals surface area contributed by atoms with E-state index in [1.165, 1.54) is 22.2 Å². The van der Waals surface area contributed by atoms with Crippen LogP contribution in [-0.2, 0) is 0 Å². The Labute approximate surface area is 118 Å². The zero-order valence-electron chi connectivity index (χ0n) is 11.2. The molecule has 9 nitrogen and oxygen atoms in total. The Balaban J connectivity index is 2.38. The fourth-order valence-electron chi connectivity index (χ4n) is 1.58. The minimum atomic E-state index is -2.58. The highest BCUT2D eigenvalue weighted by atomic mass is 19.3. The molecule has 0 aliphatic carbocycles. The van der Waals surface area contributed by atoms with Crippen molar-refractivity contribution >= 4 is 11.9 Å². The third-order valence-electron chi connectivity index (χ3n) is 2.47. The summed E-state index contributed by atoms with van der Waals surface area (Å²) in [5, 5.41) is 15.6. The Morgan fingerprint density at radius 2 is 2.19 bits per heavy atom. The number of halogens is 2. The number of nitrogens with one attached hydrogen (secondary N) is 1. The summed E-state index contributed by atoms with van der Waals surface area (Å²) in [6, 6.07) is 0. The maximum Gasteiger partial charge on any atom is 0.258 e. The summed E-state index contributed by atoms with van der Waals surface area (Å²) in [4.78, 5) is 17.1. The molecule has 0 atom stereocenters. The highest BCUT2D eigenvalue weighted by molar-refractivity contribution is 5.39. The first-order chi connectivity index (χ1) is 10.1. The Morgan fingerprint density at radius 1 is 1.38 bits per heavy atom. The monoisotopic (exact) mass is 300 g/mol. The van der Waals surface area contributed by atoms with Gasteiger partial charge in [-0.15, -0.1) is 0 Å². The van der Waals surface area contributed by atoms with E-state index in [1.54, 1.807) is 7.05 Å². The van der Waals surface area contributed by atoms with Crippen molar-refractivity contribution in [1.29, 1.82) is 0 Å². The first kappa shape index (κ1) is 15.0. The molecule has 2 heterocycles. The van der Waals surface area contributed by atoms with Crippen molar-refractivity contribution in [3.8, 4) is 5.95 Å². The van der Waals surface area contributed by atoms with Crippen molar-refractivity contribution in [1.82, 2.24) is 29.7 Å². The zero-order valence-corrected chi connectivity index (χ0v) is 11.2. The average Bonchev–Trinajstić information content (AvgIpc) is 3.00. The van der Waals surface area contributed by atoms with E-state index < -0.39 is 13.0 Å². The molecule has 0 unspecified atom stereocenters. The molecular weight excluding hydrogens is 286 g/mol. The van der Waals surface area contributed by atoms with E-state index in [9.17, 15) is 8.78 Å². The van der Waals surface area contributed by atoms with E-state index >= 15 is 0 Å². The number of aliphatic hydroxyl groups excluding tert-OH is 1. The fraction of sp³-hybridized carbons (Fsp3) is 0.500. The van der Waals surface area contributed by atoms with Crippen molar-refractivity contribution in [2.45, 2.75) is 6.43 Å². The Hall–Kier alpha value is -2.43. The lowest BCUT2D eigenvalue weighted by atomic mass is 10.5. The first-order valence-electron chi connectivity index (χ1n) is 6.07. The number of aliphatic hydroxyl groups is 1. The standard InChI is InChI=1S/C10H14F2N8O/c1-13-8-16-9(19(2-3-21)4-7(11)12)18-10(17-8)20-6-14-5-15-20/h5-7,21H,2-4H2,1H3,(H,13,16,17,18). The summed E-state index contributed by atoms with van der Waals surface area (Å²) in [5.41, 5.74) is 0. The van der Waals surface area contributed by atoms with Gasteiger partial charge in [-0.25, -0.2) is 13.8 Å². The molecule has 0 saturated heterocycles. The van der Waals surface area contributed by atoms with Gasteiger partial charge in [0.1, 0.15) is 12.7 Å². The van der Waals surface area contributed by atoms with Gasteiger partial charge in [0.15, 0.2) is 0 Å². The van der Waals surface area contributed by atoms with Crippen LogP contribution in [0.15, 0.2) is 12.7 Å². The lowest BCUT2D eigenvalue weighted by molar-refractivity contribution is 0.152. The molecule has 0 aliphatic heterocycles. The number of hydrogen-bond acceptors (Lipinski definition) is 8. The summed E-state index contributed by atoms with van der Waals surface area (Å²) < 4.78 is 26.5. The van der Waals surface area contributed by atoms with Crippen LogP contribution in [0.3, 0.4) is 0 Å². The predicted molar refractivity (Wildman–Crippen MR) is 69.6 cm³/mol. The molecule has 0 radical (unpaired) electrons. The lowest BCUT2D eigenvalue weighted by Crippen LogP contribution is -2.33. The SMILES string of the molecule is CNc1nc(N(CCO)CC(F)F)nc(-n2cncn2)n1. The zero-order chi connectivity index (χ0) is 15.2. The molecule has 0 aromatic carbocycles. The summed E-state index contributed by atoms with van der Waals surface area (Å²) in [6.45, 7) is -0.912. The second-order valence-electron chi connectivity index (χ2n) is 3.91. The number of hydrogen-bond donors (Lipinski definition) is 2. The van der Waals surface area contributed by atoms with E-state index in [0.717, 1.165) is 0 Å². The van der Waals surface area contributed by atoms with Crippen LogP contribution in [0.1, 0.15) is 0 Å². The van der Waals surface area contributed by atoms with Gasteiger partial charge in [0.2, 0.25) is 11.9 Å². The third kappa shape index (κ3) is 3.78. The second-order valence-corrected chi connectivity index (χ2v) is 3.91. The second kappa shape index (κ2) is 6.83. The van der Waals surface area contributed by atoms with Crippen molar-refractivity contribution < 1.29 is 13.9 Å². The van der Waals surface area contributed by atoms with E-state index in [4.69, 9.17) is 5.11 Å². The number of anilines is 2. The molecule has 114 valence electrons. The molecule has 2 N–H and O–H groups in total. The van der Waals surface area contributed by atoms with Gasteiger partial charge in [-0.05, 0) is 0 Å². The van der Waals surface area contributed by atoms with Gasteiger partial charge in [0.05, 0.1) is 13.2 Å². The summed E-state index contributed by atoms with van der Waals surface area (Å²) in [6.07, 6.45) is 0.0936.